The zero-order valence-electron chi connectivity index (χ0n) is 20.4. The third-order valence-corrected chi connectivity index (χ3v) is 5.42. The molecule has 0 heterocycles. The fraction of sp³-hybridized carbons (Fsp3) is 0.522. The Balaban J connectivity index is 2.51. The Morgan fingerprint density at radius 1 is 0.788 bits per heavy atom. The van der Waals surface area contributed by atoms with Crippen LogP contribution in [0.3, 0.4) is 0 Å². The Hall–Kier alpha value is -2.95. The van der Waals surface area contributed by atoms with Crippen molar-refractivity contribution in [1.29, 1.82) is 0 Å². The van der Waals surface area contributed by atoms with Crippen molar-refractivity contribution in [3.05, 3.63) is 34.7 Å². The Bertz CT molecular complexity index is 919. The number of methoxy groups -OCH3 is 4. The highest BCUT2D eigenvalue weighted by Crippen LogP contribution is 2.39. The van der Waals surface area contributed by atoms with Crippen molar-refractivity contribution in [2.24, 2.45) is 0 Å². The van der Waals surface area contributed by atoms with E-state index in [2.05, 4.69) is 0 Å². The van der Waals surface area contributed by atoms with E-state index in [1.165, 1.54) is 31.1 Å². The van der Waals surface area contributed by atoms with Crippen molar-refractivity contribution < 1.29 is 33.3 Å². The van der Waals surface area contributed by atoms with Crippen LogP contribution < -0.4 is 9.47 Å². The van der Waals surface area contributed by atoms with Crippen LogP contribution in [-0.2, 0) is 14.3 Å². The minimum Gasteiger partial charge on any atom is -0.496 e. The molecule has 182 valence electrons. The number of allylic oxidation sites excluding steroid dienone is 2. The van der Waals surface area contributed by atoms with Gasteiger partial charge in [-0.25, -0.2) is 0 Å². The zero-order valence-corrected chi connectivity index (χ0v) is 20.4. The van der Waals surface area contributed by atoms with Crippen LogP contribution in [0.5, 0.6) is 11.5 Å². The smallest absolute Gasteiger partial charge is 0.241 e. The maximum absolute atomic E-state index is 13.7. The summed E-state index contributed by atoms with van der Waals surface area (Å²) in [6.45, 7) is 1.93. The topological polar surface area (TPSA) is 97.9 Å². The van der Waals surface area contributed by atoms with Crippen molar-refractivity contribution in [2.75, 3.05) is 82.4 Å². The summed E-state index contributed by atoms with van der Waals surface area (Å²) in [5, 5.41) is 0. The fourth-order valence-corrected chi connectivity index (χ4v) is 3.67. The van der Waals surface area contributed by atoms with Gasteiger partial charge in [0.1, 0.15) is 22.9 Å². The van der Waals surface area contributed by atoms with E-state index in [0.29, 0.717) is 26.3 Å². The molecule has 1 aliphatic carbocycles. The van der Waals surface area contributed by atoms with Crippen molar-refractivity contribution in [3.63, 3.8) is 0 Å². The minimum atomic E-state index is -0.486. The van der Waals surface area contributed by atoms with Gasteiger partial charge in [0.15, 0.2) is 0 Å². The monoisotopic (exact) mass is 463 g/mol. The molecule has 0 saturated carbocycles. The molecule has 1 aliphatic rings. The number of nitrogens with zero attached hydrogens (tertiary/aromatic N) is 3. The summed E-state index contributed by atoms with van der Waals surface area (Å²) >= 11 is 0. The molecular formula is C23H33N3O7. The van der Waals surface area contributed by atoms with E-state index in [1.807, 2.05) is 4.90 Å². The summed E-state index contributed by atoms with van der Waals surface area (Å²) in [5.74, 6) is -0.747. The SMILES string of the molecule is COCCN(CCOC)CC(=O)N(C)C1=C(N(C)C)C(=O)c2c(OC)ccc(OC)c2C1=O. The number of likely N-dealkylation sites (N-methyl/N-ethyl adjacent to an activating group) is 2. The number of fused-ring (bicyclic) bond motifs is 1. The van der Waals surface area contributed by atoms with Crippen LogP contribution in [0.15, 0.2) is 23.5 Å². The predicted molar refractivity (Wildman–Crippen MR) is 122 cm³/mol. The molecule has 10 heteroatoms. The van der Waals surface area contributed by atoms with Gasteiger partial charge < -0.3 is 28.7 Å². The van der Waals surface area contributed by atoms with Crippen molar-refractivity contribution in [2.45, 2.75) is 0 Å². The molecule has 0 fully saturated rings. The van der Waals surface area contributed by atoms with E-state index in [1.54, 1.807) is 40.4 Å². The van der Waals surface area contributed by atoms with Crippen LogP contribution in [0, 0.1) is 0 Å². The summed E-state index contributed by atoms with van der Waals surface area (Å²) in [7, 11) is 10.8. The van der Waals surface area contributed by atoms with Crippen LogP contribution in [-0.4, -0.2) is 115 Å². The number of amides is 1. The Labute approximate surface area is 194 Å². The van der Waals surface area contributed by atoms with Gasteiger partial charge in [-0.2, -0.15) is 0 Å². The zero-order chi connectivity index (χ0) is 24.7. The fourth-order valence-electron chi connectivity index (χ4n) is 3.67. The van der Waals surface area contributed by atoms with Gasteiger partial charge in [-0.15, -0.1) is 0 Å². The molecule has 0 spiro atoms. The summed E-state index contributed by atoms with van der Waals surface area (Å²) < 4.78 is 21.0. The Morgan fingerprint density at radius 2 is 1.24 bits per heavy atom. The molecule has 0 N–H and O–H groups in total. The first-order valence-electron chi connectivity index (χ1n) is 10.5. The average Bonchev–Trinajstić information content (AvgIpc) is 2.80. The first kappa shape index (κ1) is 26.3. The average molecular weight is 464 g/mol. The van der Waals surface area contributed by atoms with E-state index >= 15 is 0 Å². The van der Waals surface area contributed by atoms with Gasteiger partial charge in [0.2, 0.25) is 17.5 Å². The second-order valence-corrected chi connectivity index (χ2v) is 7.68. The number of benzene rings is 1. The maximum atomic E-state index is 13.7. The molecule has 33 heavy (non-hydrogen) atoms. The number of rotatable bonds is 12. The molecule has 0 saturated heterocycles. The normalized spacial score (nSPS) is 13.3. The third kappa shape index (κ3) is 5.52. The standard InChI is InChI=1S/C23H33N3O7/c1-24(2)20-21(25(3)17(27)14-26(10-12-30-4)11-13-31-5)23(29)19-16(33-7)9-8-15(32-6)18(19)22(20)28/h8-9H,10-14H2,1-7H3. The van der Waals surface area contributed by atoms with Gasteiger partial charge in [0.05, 0.1) is 45.1 Å². The van der Waals surface area contributed by atoms with Crippen LogP contribution in [0.1, 0.15) is 20.7 Å². The van der Waals surface area contributed by atoms with E-state index in [9.17, 15) is 14.4 Å². The quantitative estimate of drug-likeness (QED) is 0.448. The highest BCUT2D eigenvalue weighted by Gasteiger charge is 2.41. The maximum Gasteiger partial charge on any atom is 0.241 e. The van der Waals surface area contributed by atoms with Gasteiger partial charge in [0, 0.05) is 48.5 Å². The lowest BCUT2D eigenvalue weighted by Gasteiger charge is -2.32. The third-order valence-electron chi connectivity index (χ3n) is 5.42. The predicted octanol–water partition coefficient (Wildman–Crippen LogP) is 0.909. The van der Waals surface area contributed by atoms with E-state index in [4.69, 9.17) is 18.9 Å². The highest BCUT2D eigenvalue weighted by molar-refractivity contribution is 6.29. The van der Waals surface area contributed by atoms with Crippen LogP contribution in [0.25, 0.3) is 0 Å². The summed E-state index contributed by atoms with van der Waals surface area (Å²) in [4.78, 5) is 45.1. The number of carbonyl (C=O) groups excluding carboxylic acids is 3. The number of hydrogen-bond donors (Lipinski definition) is 0. The molecule has 0 unspecified atom stereocenters. The number of carbonyl (C=O) groups is 3. The molecule has 1 aromatic carbocycles. The molecule has 0 aliphatic heterocycles. The summed E-state index contributed by atoms with van der Waals surface area (Å²) in [6, 6.07) is 3.15. The highest BCUT2D eigenvalue weighted by atomic mass is 16.5. The summed E-state index contributed by atoms with van der Waals surface area (Å²) in [6.07, 6.45) is 0. The molecule has 2 rings (SSSR count). The lowest BCUT2D eigenvalue weighted by atomic mass is 9.87. The molecule has 0 atom stereocenters. The molecule has 10 nitrogen and oxygen atoms in total. The molecule has 1 aromatic rings. The molecule has 0 radical (unpaired) electrons. The number of Topliss-reactive ketones (excluding diaryl/α,β-unsaturated/α-hetero) is 2. The van der Waals surface area contributed by atoms with E-state index < -0.39 is 11.6 Å². The molecule has 0 bridgehead atoms. The van der Waals surface area contributed by atoms with Gasteiger partial charge in [-0.1, -0.05) is 0 Å². The van der Waals surface area contributed by atoms with Crippen molar-refractivity contribution >= 4 is 17.5 Å². The second kappa shape index (κ2) is 11.8. The van der Waals surface area contributed by atoms with Crippen LogP contribution in [0.4, 0.5) is 0 Å². The van der Waals surface area contributed by atoms with Crippen LogP contribution >= 0.6 is 0 Å². The molecule has 1 amide bonds. The van der Waals surface area contributed by atoms with Gasteiger partial charge in [0.25, 0.3) is 0 Å². The van der Waals surface area contributed by atoms with Crippen molar-refractivity contribution in [1.82, 2.24) is 14.7 Å². The first-order chi connectivity index (χ1) is 15.7. The second-order valence-electron chi connectivity index (χ2n) is 7.68. The summed E-state index contributed by atoms with van der Waals surface area (Å²) in [5.41, 5.74) is 0.303. The van der Waals surface area contributed by atoms with Crippen LogP contribution in [0.2, 0.25) is 0 Å². The van der Waals surface area contributed by atoms with Gasteiger partial charge in [-0.3, -0.25) is 19.3 Å². The van der Waals surface area contributed by atoms with E-state index in [0.717, 1.165) is 0 Å². The first-order valence-corrected chi connectivity index (χ1v) is 10.5. The lowest BCUT2D eigenvalue weighted by molar-refractivity contribution is -0.129. The van der Waals surface area contributed by atoms with Gasteiger partial charge in [-0.05, 0) is 12.1 Å². The largest absolute Gasteiger partial charge is 0.496 e. The Kier molecular flexibility index (Phi) is 9.39. The minimum absolute atomic E-state index is 0.00696. The number of hydrogen-bond acceptors (Lipinski definition) is 9. The molecule has 0 aromatic heterocycles. The lowest BCUT2D eigenvalue weighted by Crippen LogP contribution is -2.44. The number of ketones is 2. The van der Waals surface area contributed by atoms with Crippen molar-refractivity contribution in [3.8, 4) is 11.5 Å². The Morgan fingerprint density at radius 3 is 1.64 bits per heavy atom. The number of ether oxygens (including phenoxy) is 4. The van der Waals surface area contributed by atoms with Gasteiger partial charge >= 0.3 is 0 Å². The molecular weight excluding hydrogens is 430 g/mol. The van der Waals surface area contributed by atoms with E-state index in [-0.39, 0.29) is 46.5 Å².